The summed E-state index contributed by atoms with van der Waals surface area (Å²) in [5.41, 5.74) is 0. The average Bonchev–Trinajstić information content (AvgIpc) is 2.73. The fraction of sp³-hybridized carbons (Fsp3) is 0.500. The van der Waals surface area contributed by atoms with Crippen molar-refractivity contribution in [3.63, 3.8) is 0 Å². The third-order valence-corrected chi connectivity index (χ3v) is 3.58. The van der Waals surface area contributed by atoms with Crippen LogP contribution in [0.3, 0.4) is 0 Å². The first-order valence-corrected chi connectivity index (χ1v) is 7.54. The minimum absolute atomic E-state index is 0.0810. The first-order chi connectivity index (χ1) is 10.1. The van der Waals surface area contributed by atoms with Crippen molar-refractivity contribution in [2.75, 3.05) is 39.5 Å². The first kappa shape index (κ1) is 16.4. The van der Waals surface area contributed by atoms with Gasteiger partial charge in [0.05, 0.1) is 18.2 Å². The molecular weight excluding hydrogens is 315 g/mol. The molecule has 2 N–H and O–H groups in total. The fourth-order valence-electron chi connectivity index (χ4n) is 1.94. The molecule has 0 radical (unpaired) electrons. The molecule has 1 fully saturated rings. The van der Waals surface area contributed by atoms with Crippen LogP contribution >= 0.6 is 23.2 Å². The number of nitrogens with one attached hydrogen (secondary N) is 2. The normalized spacial score (nSPS) is 18.9. The number of halogens is 2. The Bertz CT molecular complexity index is 477. The van der Waals surface area contributed by atoms with Crippen LogP contribution in [-0.2, 0) is 9.53 Å². The van der Waals surface area contributed by atoms with E-state index in [0.29, 0.717) is 35.6 Å². The molecule has 1 aromatic rings. The van der Waals surface area contributed by atoms with Crippen LogP contribution in [0, 0.1) is 5.92 Å². The van der Waals surface area contributed by atoms with E-state index in [0.717, 1.165) is 13.1 Å². The maximum atomic E-state index is 11.8. The Hall–Kier alpha value is -1.01. The molecule has 1 heterocycles. The average molecular weight is 333 g/mol. The van der Waals surface area contributed by atoms with Gasteiger partial charge in [-0.1, -0.05) is 23.2 Å². The standard InChI is InChI=1S/C14H18Cl2N2O3/c15-11-1-2-13(12(16)5-11)21-9-14(19)18-7-10-6-17-3-4-20-8-10/h1-2,5,10,17H,3-4,6-9H2,(H,18,19). The number of ether oxygens (including phenoxy) is 2. The molecule has 116 valence electrons. The highest BCUT2D eigenvalue weighted by molar-refractivity contribution is 6.35. The van der Waals surface area contributed by atoms with Crippen molar-refractivity contribution in [1.82, 2.24) is 10.6 Å². The van der Waals surface area contributed by atoms with Crippen molar-refractivity contribution in [2.45, 2.75) is 0 Å². The Morgan fingerprint density at radius 2 is 2.33 bits per heavy atom. The van der Waals surface area contributed by atoms with E-state index in [1.165, 1.54) is 0 Å². The van der Waals surface area contributed by atoms with E-state index in [4.69, 9.17) is 32.7 Å². The van der Waals surface area contributed by atoms with E-state index in [1.807, 2.05) is 0 Å². The molecule has 1 aromatic carbocycles. The molecule has 0 spiro atoms. The topological polar surface area (TPSA) is 59.6 Å². The molecule has 1 atom stereocenters. The zero-order chi connectivity index (χ0) is 15.1. The molecule has 1 aliphatic rings. The van der Waals surface area contributed by atoms with Crippen LogP contribution in [0.25, 0.3) is 0 Å². The van der Waals surface area contributed by atoms with Gasteiger partial charge in [0, 0.05) is 30.6 Å². The lowest BCUT2D eigenvalue weighted by Gasteiger charge is -2.15. The number of carbonyl (C=O) groups is 1. The van der Waals surface area contributed by atoms with E-state index in [1.54, 1.807) is 18.2 Å². The van der Waals surface area contributed by atoms with Gasteiger partial charge in [0.1, 0.15) is 5.75 Å². The van der Waals surface area contributed by atoms with Gasteiger partial charge in [-0.25, -0.2) is 0 Å². The summed E-state index contributed by atoms with van der Waals surface area (Å²) >= 11 is 11.8. The van der Waals surface area contributed by atoms with Crippen molar-refractivity contribution < 1.29 is 14.3 Å². The second-order valence-electron chi connectivity index (χ2n) is 4.81. The van der Waals surface area contributed by atoms with Crippen LogP contribution in [0.2, 0.25) is 10.0 Å². The van der Waals surface area contributed by atoms with Gasteiger partial charge in [-0.15, -0.1) is 0 Å². The number of benzene rings is 1. The van der Waals surface area contributed by atoms with E-state index in [9.17, 15) is 4.79 Å². The summed E-state index contributed by atoms with van der Waals surface area (Å²) in [7, 11) is 0. The van der Waals surface area contributed by atoms with Gasteiger partial charge in [0.15, 0.2) is 6.61 Å². The second-order valence-corrected chi connectivity index (χ2v) is 5.66. The van der Waals surface area contributed by atoms with Crippen molar-refractivity contribution in [2.24, 2.45) is 5.92 Å². The monoisotopic (exact) mass is 332 g/mol. The highest BCUT2D eigenvalue weighted by Crippen LogP contribution is 2.27. The van der Waals surface area contributed by atoms with Crippen LogP contribution in [0.15, 0.2) is 18.2 Å². The largest absolute Gasteiger partial charge is 0.482 e. The van der Waals surface area contributed by atoms with Crippen molar-refractivity contribution in [1.29, 1.82) is 0 Å². The Kier molecular flexibility index (Phi) is 6.57. The molecule has 1 amide bonds. The third kappa shape index (κ3) is 5.71. The third-order valence-electron chi connectivity index (χ3n) is 3.05. The number of carbonyl (C=O) groups excluding carboxylic acids is 1. The summed E-state index contributed by atoms with van der Waals surface area (Å²) in [6.07, 6.45) is 0. The molecule has 0 aromatic heterocycles. The zero-order valence-electron chi connectivity index (χ0n) is 11.5. The number of hydrogen-bond acceptors (Lipinski definition) is 4. The van der Waals surface area contributed by atoms with Crippen molar-refractivity contribution in [3.05, 3.63) is 28.2 Å². The Morgan fingerprint density at radius 3 is 3.14 bits per heavy atom. The van der Waals surface area contributed by atoms with E-state index >= 15 is 0 Å². The highest BCUT2D eigenvalue weighted by Gasteiger charge is 2.14. The summed E-state index contributed by atoms with van der Waals surface area (Å²) in [4.78, 5) is 11.8. The molecule has 2 rings (SSSR count). The Labute approximate surface area is 133 Å². The van der Waals surface area contributed by atoms with Crippen molar-refractivity contribution in [3.8, 4) is 5.75 Å². The summed E-state index contributed by atoms with van der Waals surface area (Å²) in [6.45, 7) is 3.53. The molecule has 0 saturated carbocycles. The van der Waals surface area contributed by atoms with Gasteiger partial charge < -0.3 is 20.1 Å². The van der Waals surface area contributed by atoms with Crippen LogP contribution in [-0.4, -0.2) is 45.4 Å². The molecule has 1 saturated heterocycles. The zero-order valence-corrected chi connectivity index (χ0v) is 13.0. The SMILES string of the molecule is O=C(COc1ccc(Cl)cc1Cl)NCC1CNCCOC1. The molecule has 21 heavy (non-hydrogen) atoms. The number of hydrogen-bond donors (Lipinski definition) is 2. The van der Waals surface area contributed by atoms with E-state index in [2.05, 4.69) is 10.6 Å². The minimum atomic E-state index is -0.190. The van der Waals surface area contributed by atoms with Gasteiger partial charge in [-0.3, -0.25) is 4.79 Å². The van der Waals surface area contributed by atoms with Gasteiger partial charge in [0.25, 0.3) is 5.91 Å². The van der Waals surface area contributed by atoms with E-state index in [-0.39, 0.29) is 18.4 Å². The molecule has 5 nitrogen and oxygen atoms in total. The van der Waals surface area contributed by atoms with Crippen LogP contribution in [0.4, 0.5) is 0 Å². The quantitative estimate of drug-likeness (QED) is 0.862. The first-order valence-electron chi connectivity index (χ1n) is 6.78. The van der Waals surface area contributed by atoms with Gasteiger partial charge in [-0.2, -0.15) is 0 Å². The smallest absolute Gasteiger partial charge is 0.257 e. The summed E-state index contributed by atoms with van der Waals surface area (Å²) in [6, 6.07) is 4.88. The highest BCUT2D eigenvalue weighted by atomic mass is 35.5. The van der Waals surface area contributed by atoms with Crippen LogP contribution < -0.4 is 15.4 Å². The Morgan fingerprint density at radius 1 is 1.48 bits per heavy atom. The minimum Gasteiger partial charge on any atom is -0.482 e. The van der Waals surface area contributed by atoms with Gasteiger partial charge in [-0.05, 0) is 18.2 Å². The summed E-state index contributed by atoms with van der Waals surface area (Å²) < 4.78 is 10.8. The van der Waals surface area contributed by atoms with Crippen LogP contribution in [0.1, 0.15) is 0 Å². The number of rotatable bonds is 5. The summed E-state index contributed by atoms with van der Waals surface area (Å²) in [5, 5.41) is 6.99. The predicted molar refractivity (Wildman–Crippen MR) is 82.1 cm³/mol. The summed E-state index contributed by atoms with van der Waals surface area (Å²) in [5.74, 6) is 0.525. The van der Waals surface area contributed by atoms with Gasteiger partial charge in [0.2, 0.25) is 0 Å². The van der Waals surface area contributed by atoms with Gasteiger partial charge >= 0.3 is 0 Å². The Balaban J connectivity index is 1.71. The molecule has 1 unspecified atom stereocenters. The lowest BCUT2D eigenvalue weighted by atomic mass is 10.1. The molecular formula is C14H18Cl2N2O3. The predicted octanol–water partition coefficient (Wildman–Crippen LogP) is 1.72. The maximum absolute atomic E-state index is 11.8. The lowest BCUT2D eigenvalue weighted by molar-refractivity contribution is -0.123. The molecule has 7 heteroatoms. The fourth-order valence-corrected chi connectivity index (χ4v) is 2.40. The maximum Gasteiger partial charge on any atom is 0.257 e. The van der Waals surface area contributed by atoms with E-state index < -0.39 is 0 Å². The molecule has 1 aliphatic heterocycles. The van der Waals surface area contributed by atoms with Crippen LogP contribution in [0.5, 0.6) is 5.75 Å². The molecule has 0 bridgehead atoms. The lowest BCUT2D eigenvalue weighted by Crippen LogP contribution is -2.37. The number of amides is 1. The van der Waals surface area contributed by atoms with Crippen molar-refractivity contribution >= 4 is 29.1 Å². The molecule has 0 aliphatic carbocycles. The second kappa shape index (κ2) is 8.44.